The number of aryl methyl sites for hydroxylation is 1. The maximum Gasteiger partial charge on any atom is 0.269 e. The molecule has 168 valence electrons. The van der Waals surface area contributed by atoms with Crippen LogP contribution < -0.4 is 15.6 Å². The van der Waals surface area contributed by atoms with Crippen LogP contribution in [0, 0.1) is 18.3 Å². The largest absolute Gasteiger partial charge is 0.438 e. The van der Waals surface area contributed by atoms with Crippen LogP contribution in [0.25, 0.3) is 11.7 Å². The lowest BCUT2D eigenvalue weighted by Crippen LogP contribution is -2.32. The van der Waals surface area contributed by atoms with E-state index in [2.05, 4.69) is 10.3 Å². The normalized spacial score (nSPS) is 15.9. The molecular weight excluding hydrogens is 444 g/mol. The van der Waals surface area contributed by atoms with E-state index in [-0.39, 0.29) is 23.1 Å². The van der Waals surface area contributed by atoms with Crippen LogP contribution in [-0.2, 0) is 9.53 Å². The fourth-order valence-electron chi connectivity index (χ4n) is 3.48. The Bertz CT molecular complexity index is 1340. The number of rotatable bonds is 6. The highest BCUT2D eigenvalue weighted by atomic mass is 35.5. The van der Waals surface area contributed by atoms with E-state index in [0.29, 0.717) is 29.6 Å². The number of benzene rings is 1. The smallest absolute Gasteiger partial charge is 0.269 e. The minimum atomic E-state index is -0.598. The molecule has 1 atom stereocenters. The third-order valence-corrected chi connectivity index (χ3v) is 5.67. The summed E-state index contributed by atoms with van der Waals surface area (Å²) in [6.45, 7) is 2.77. The summed E-state index contributed by atoms with van der Waals surface area (Å²) in [5, 5.41) is 12.9. The molecule has 4 rings (SSSR count). The van der Waals surface area contributed by atoms with E-state index in [1.54, 1.807) is 42.6 Å². The SMILES string of the molecule is Cc1cc(Oc2nc3ccccn3c(=O)c2C=C(C#N)C(=O)NCC2CCCO2)ccc1Cl. The fraction of sp³-hybridized carbons (Fsp3) is 0.250. The molecule has 1 aliphatic rings. The average Bonchev–Trinajstić information content (AvgIpc) is 3.34. The van der Waals surface area contributed by atoms with Gasteiger partial charge in [-0.3, -0.25) is 14.0 Å². The molecule has 0 spiro atoms. The Balaban J connectivity index is 1.73. The van der Waals surface area contributed by atoms with Crippen LogP contribution in [0.3, 0.4) is 0 Å². The highest BCUT2D eigenvalue weighted by Gasteiger charge is 2.20. The van der Waals surface area contributed by atoms with Crippen LogP contribution in [-0.4, -0.2) is 34.5 Å². The Morgan fingerprint density at radius 2 is 2.27 bits per heavy atom. The van der Waals surface area contributed by atoms with Crippen LogP contribution in [0.4, 0.5) is 0 Å². The van der Waals surface area contributed by atoms with Gasteiger partial charge in [0.2, 0.25) is 5.88 Å². The number of nitrogens with zero attached hydrogens (tertiary/aromatic N) is 3. The summed E-state index contributed by atoms with van der Waals surface area (Å²) in [6, 6.07) is 12.0. The first-order valence-corrected chi connectivity index (χ1v) is 10.8. The van der Waals surface area contributed by atoms with Crippen molar-refractivity contribution in [2.45, 2.75) is 25.9 Å². The van der Waals surface area contributed by atoms with Crippen molar-refractivity contribution in [2.24, 2.45) is 0 Å². The van der Waals surface area contributed by atoms with Crippen LogP contribution in [0.1, 0.15) is 24.0 Å². The van der Waals surface area contributed by atoms with Crippen LogP contribution in [0.5, 0.6) is 11.6 Å². The Hall–Kier alpha value is -3.67. The minimum absolute atomic E-state index is 0.0184. The maximum atomic E-state index is 13.2. The second kappa shape index (κ2) is 9.86. The van der Waals surface area contributed by atoms with Gasteiger partial charge in [0.1, 0.15) is 28.6 Å². The van der Waals surface area contributed by atoms with Gasteiger partial charge in [-0.2, -0.15) is 10.2 Å². The number of carbonyl (C=O) groups is 1. The predicted octanol–water partition coefficient (Wildman–Crippen LogP) is 3.65. The number of amides is 1. The molecule has 0 saturated carbocycles. The van der Waals surface area contributed by atoms with Crippen LogP contribution in [0.2, 0.25) is 5.02 Å². The monoisotopic (exact) mass is 464 g/mol. The lowest BCUT2D eigenvalue weighted by atomic mass is 10.1. The van der Waals surface area contributed by atoms with E-state index in [1.165, 1.54) is 10.5 Å². The summed E-state index contributed by atoms with van der Waals surface area (Å²) in [5.41, 5.74) is 0.424. The zero-order chi connectivity index (χ0) is 23.4. The van der Waals surface area contributed by atoms with E-state index in [9.17, 15) is 14.9 Å². The molecule has 1 saturated heterocycles. The van der Waals surface area contributed by atoms with E-state index < -0.39 is 11.5 Å². The van der Waals surface area contributed by atoms with Crippen molar-refractivity contribution in [3.63, 3.8) is 0 Å². The van der Waals surface area contributed by atoms with Gasteiger partial charge in [-0.05, 0) is 61.7 Å². The number of aromatic nitrogens is 2. The number of halogens is 1. The number of fused-ring (bicyclic) bond motifs is 1. The quantitative estimate of drug-likeness (QED) is 0.441. The molecule has 3 aromatic rings. The molecule has 8 nitrogen and oxygen atoms in total. The number of pyridine rings is 1. The van der Waals surface area contributed by atoms with Crippen molar-refractivity contribution in [3.05, 3.63) is 74.7 Å². The van der Waals surface area contributed by atoms with Gasteiger partial charge in [0.25, 0.3) is 11.5 Å². The summed E-state index contributed by atoms with van der Waals surface area (Å²) >= 11 is 6.09. The van der Waals surface area contributed by atoms with Gasteiger partial charge in [-0.15, -0.1) is 0 Å². The average molecular weight is 465 g/mol. The molecule has 9 heteroatoms. The molecule has 1 fully saturated rings. The molecule has 1 amide bonds. The third-order valence-electron chi connectivity index (χ3n) is 5.25. The molecule has 3 heterocycles. The van der Waals surface area contributed by atoms with Crippen molar-refractivity contribution in [1.29, 1.82) is 5.26 Å². The number of ether oxygens (including phenoxy) is 2. The molecule has 1 aromatic carbocycles. The van der Waals surface area contributed by atoms with Gasteiger partial charge < -0.3 is 14.8 Å². The maximum absolute atomic E-state index is 13.2. The minimum Gasteiger partial charge on any atom is -0.438 e. The molecule has 1 N–H and O–H groups in total. The van der Waals surface area contributed by atoms with Gasteiger partial charge in [-0.25, -0.2) is 0 Å². The summed E-state index contributed by atoms with van der Waals surface area (Å²) in [5.74, 6) is -0.202. The van der Waals surface area contributed by atoms with E-state index in [4.69, 9.17) is 21.1 Å². The lowest BCUT2D eigenvalue weighted by molar-refractivity contribution is -0.117. The molecule has 0 bridgehead atoms. The molecule has 0 aliphatic carbocycles. The highest BCUT2D eigenvalue weighted by Crippen LogP contribution is 2.27. The summed E-state index contributed by atoms with van der Waals surface area (Å²) in [4.78, 5) is 30.3. The predicted molar refractivity (Wildman–Crippen MR) is 123 cm³/mol. The first-order chi connectivity index (χ1) is 16.0. The van der Waals surface area contributed by atoms with Crippen LogP contribution in [0.15, 0.2) is 53.0 Å². The highest BCUT2D eigenvalue weighted by molar-refractivity contribution is 6.31. The van der Waals surface area contributed by atoms with Crippen LogP contribution >= 0.6 is 11.6 Å². The molecule has 1 aliphatic heterocycles. The summed E-state index contributed by atoms with van der Waals surface area (Å²) < 4.78 is 12.7. The molecular formula is C24H21ClN4O4. The first-order valence-electron chi connectivity index (χ1n) is 10.4. The zero-order valence-electron chi connectivity index (χ0n) is 17.9. The zero-order valence-corrected chi connectivity index (χ0v) is 18.6. The van der Waals surface area contributed by atoms with Gasteiger partial charge in [0, 0.05) is 24.4 Å². The topological polar surface area (TPSA) is 106 Å². The van der Waals surface area contributed by atoms with E-state index in [0.717, 1.165) is 18.4 Å². The van der Waals surface area contributed by atoms with Crippen molar-refractivity contribution in [2.75, 3.05) is 13.2 Å². The van der Waals surface area contributed by atoms with E-state index >= 15 is 0 Å². The van der Waals surface area contributed by atoms with Gasteiger partial charge in [0.05, 0.1) is 6.10 Å². The standard InChI is InChI=1S/C24H21ClN4O4/c1-15-11-17(7-8-20(15)25)33-23-19(24(31)29-9-3-2-6-21(29)28-23)12-16(13-26)22(30)27-14-18-5-4-10-32-18/h2-3,6-9,11-12,18H,4-5,10,14H2,1H3,(H,27,30). The number of hydrogen-bond acceptors (Lipinski definition) is 6. The number of hydrogen-bond donors (Lipinski definition) is 1. The van der Waals surface area contributed by atoms with Crippen molar-refractivity contribution >= 4 is 29.2 Å². The van der Waals surface area contributed by atoms with Crippen molar-refractivity contribution in [3.8, 4) is 17.7 Å². The second-order valence-electron chi connectivity index (χ2n) is 7.59. The van der Waals surface area contributed by atoms with Gasteiger partial charge >= 0.3 is 0 Å². The Labute approximate surface area is 195 Å². The number of nitriles is 1. The van der Waals surface area contributed by atoms with E-state index in [1.807, 2.05) is 13.0 Å². The Kier molecular flexibility index (Phi) is 6.73. The molecule has 0 radical (unpaired) electrons. The molecule has 33 heavy (non-hydrogen) atoms. The Morgan fingerprint density at radius 3 is 3.00 bits per heavy atom. The summed E-state index contributed by atoms with van der Waals surface area (Å²) in [6.07, 6.45) is 4.47. The Morgan fingerprint density at radius 1 is 1.42 bits per heavy atom. The third kappa shape index (κ3) is 5.06. The fourth-order valence-corrected chi connectivity index (χ4v) is 3.59. The van der Waals surface area contributed by atoms with Crippen molar-refractivity contribution in [1.82, 2.24) is 14.7 Å². The molecule has 1 unspecified atom stereocenters. The van der Waals surface area contributed by atoms with Crippen molar-refractivity contribution < 1.29 is 14.3 Å². The number of carbonyl (C=O) groups excluding carboxylic acids is 1. The lowest BCUT2D eigenvalue weighted by Gasteiger charge is -2.12. The second-order valence-corrected chi connectivity index (χ2v) is 8.00. The molecule has 2 aromatic heterocycles. The van der Waals surface area contributed by atoms with Gasteiger partial charge in [0.15, 0.2) is 0 Å². The first kappa shape index (κ1) is 22.5. The summed E-state index contributed by atoms with van der Waals surface area (Å²) in [7, 11) is 0. The van der Waals surface area contributed by atoms with Gasteiger partial charge in [-0.1, -0.05) is 17.7 Å². The number of nitrogens with one attached hydrogen (secondary N) is 1.